The topological polar surface area (TPSA) is 71.1 Å². The Morgan fingerprint density at radius 1 is 1.35 bits per heavy atom. The molecule has 5 nitrogen and oxygen atoms in total. The molecular weight excluding hydrogens is 389 g/mol. The van der Waals surface area contributed by atoms with Crippen LogP contribution in [0.5, 0.6) is 0 Å². The minimum Gasteiger partial charge on any atom is -0.343 e. The van der Waals surface area contributed by atoms with Crippen LogP contribution in [0.15, 0.2) is 30.5 Å². The van der Waals surface area contributed by atoms with Crippen LogP contribution in [-0.2, 0) is 4.79 Å². The molecule has 20 heavy (non-hydrogen) atoms. The van der Waals surface area contributed by atoms with E-state index in [1.54, 1.807) is 18.3 Å². The van der Waals surface area contributed by atoms with Crippen molar-refractivity contribution >= 4 is 50.9 Å². The number of hydrogen-bond donors (Lipinski definition) is 2. The van der Waals surface area contributed by atoms with E-state index in [9.17, 15) is 9.59 Å². The summed E-state index contributed by atoms with van der Waals surface area (Å²) in [6.45, 7) is 1.83. The Morgan fingerprint density at radius 2 is 2.10 bits per heavy atom. The summed E-state index contributed by atoms with van der Waals surface area (Å²) >= 11 is 3.48. The molecule has 0 aliphatic heterocycles. The van der Waals surface area contributed by atoms with Gasteiger partial charge < -0.3 is 10.6 Å². The average molecular weight is 401 g/mol. The minimum absolute atomic E-state index is 0.0809. The Hall–Kier alpha value is -1.48. The van der Waals surface area contributed by atoms with Crippen molar-refractivity contribution in [3.8, 4) is 0 Å². The summed E-state index contributed by atoms with van der Waals surface area (Å²) in [5.74, 6) is -0.556. The van der Waals surface area contributed by atoms with Gasteiger partial charge in [0.05, 0.1) is 12.1 Å². The number of halogens is 1. The zero-order valence-electron chi connectivity index (χ0n) is 10.6. The molecule has 0 aliphatic rings. The van der Waals surface area contributed by atoms with Crippen LogP contribution in [0.25, 0.3) is 0 Å². The van der Waals surface area contributed by atoms with Crippen molar-refractivity contribution in [1.29, 1.82) is 0 Å². The predicted molar refractivity (Wildman–Crippen MR) is 87.0 cm³/mol. The highest BCUT2D eigenvalue weighted by Gasteiger charge is 2.11. The lowest BCUT2D eigenvalue weighted by molar-refractivity contribution is -0.115. The highest BCUT2D eigenvalue weighted by atomic mass is 127. The number of amides is 2. The van der Waals surface area contributed by atoms with E-state index in [1.165, 1.54) is 11.3 Å². The van der Waals surface area contributed by atoms with Crippen LogP contribution < -0.4 is 10.6 Å². The van der Waals surface area contributed by atoms with Crippen molar-refractivity contribution in [2.24, 2.45) is 0 Å². The van der Waals surface area contributed by atoms with E-state index in [4.69, 9.17) is 0 Å². The van der Waals surface area contributed by atoms with Gasteiger partial charge in [0, 0.05) is 14.6 Å². The average Bonchev–Trinajstić information content (AvgIpc) is 2.82. The molecule has 2 N–H and O–H groups in total. The molecule has 0 atom stereocenters. The van der Waals surface area contributed by atoms with Crippen LogP contribution >= 0.6 is 33.9 Å². The summed E-state index contributed by atoms with van der Waals surface area (Å²) in [5.41, 5.74) is 0.561. The maximum absolute atomic E-state index is 11.9. The second-order valence-electron chi connectivity index (χ2n) is 3.99. The van der Waals surface area contributed by atoms with Gasteiger partial charge in [0.25, 0.3) is 5.91 Å². The first-order chi connectivity index (χ1) is 9.56. The Kier molecular flexibility index (Phi) is 5.07. The van der Waals surface area contributed by atoms with Gasteiger partial charge in [-0.15, -0.1) is 11.3 Å². The lowest BCUT2D eigenvalue weighted by Gasteiger charge is -2.06. The Balaban J connectivity index is 1.87. The standard InChI is InChI=1S/C13H12IN3O2S/c1-8-6-16-13(20-8)17-11(18)7-15-12(19)9-4-2-3-5-10(9)14/h2-6H,7H2,1H3,(H,15,19)(H,16,17,18). The summed E-state index contributed by atoms with van der Waals surface area (Å²) in [6.07, 6.45) is 1.69. The first kappa shape index (κ1) is 14.9. The maximum atomic E-state index is 11.9. The molecule has 2 rings (SSSR count). The van der Waals surface area contributed by atoms with Gasteiger partial charge in [0.1, 0.15) is 0 Å². The predicted octanol–water partition coefficient (Wildman–Crippen LogP) is 2.42. The maximum Gasteiger partial charge on any atom is 0.252 e. The molecule has 2 amide bonds. The molecule has 104 valence electrons. The SMILES string of the molecule is Cc1cnc(NC(=O)CNC(=O)c2ccccc2I)s1. The van der Waals surface area contributed by atoms with E-state index in [0.717, 1.165) is 8.45 Å². The molecule has 0 bridgehead atoms. The second kappa shape index (κ2) is 6.80. The molecule has 7 heteroatoms. The molecule has 2 aromatic rings. The smallest absolute Gasteiger partial charge is 0.252 e. The second-order valence-corrected chi connectivity index (χ2v) is 6.38. The van der Waals surface area contributed by atoms with Gasteiger partial charge in [-0.3, -0.25) is 9.59 Å². The van der Waals surface area contributed by atoms with E-state index in [0.29, 0.717) is 10.7 Å². The third kappa shape index (κ3) is 4.01. The van der Waals surface area contributed by atoms with E-state index in [2.05, 4.69) is 38.2 Å². The van der Waals surface area contributed by atoms with Crippen molar-refractivity contribution < 1.29 is 9.59 Å². The quantitative estimate of drug-likeness (QED) is 0.774. The van der Waals surface area contributed by atoms with Crippen molar-refractivity contribution in [2.75, 3.05) is 11.9 Å². The number of aromatic nitrogens is 1. The number of rotatable bonds is 4. The molecule has 1 aromatic heterocycles. The molecule has 0 unspecified atom stereocenters. The van der Waals surface area contributed by atoms with Crippen LogP contribution in [0.2, 0.25) is 0 Å². The summed E-state index contributed by atoms with van der Waals surface area (Å²) in [5, 5.41) is 5.76. The van der Waals surface area contributed by atoms with Gasteiger partial charge in [-0.25, -0.2) is 4.98 Å². The zero-order valence-corrected chi connectivity index (χ0v) is 13.6. The Labute approximate surface area is 133 Å². The first-order valence-electron chi connectivity index (χ1n) is 5.81. The van der Waals surface area contributed by atoms with Crippen molar-refractivity contribution in [3.63, 3.8) is 0 Å². The van der Waals surface area contributed by atoms with Crippen LogP contribution in [0.3, 0.4) is 0 Å². The normalized spacial score (nSPS) is 10.1. The number of nitrogens with zero attached hydrogens (tertiary/aromatic N) is 1. The molecule has 1 aromatic carbocycles. The fraction of sp³-hybridized carbons (Fsp3) is 0.154. The molecule has 0 radical (unpaired) electrons. The minimum atomic E-state index is -0.293. The van der Waals surface area contributed by atoms with Crippen molar-refractivity contribution in [2.45, 2.75) is 6.92 Å². The monoisotopic (exact) mass is 401 g/mol. The van der Waals surface area contributed by atoms with E-state index in [1.807, 2.05) is 19.1 Å². The van der Waals surface area contributed by atoms with Crippen LogP contribution in [0.4, 0.5) is 5.13 Å². The number of thiazole rings is 1. The van der Waals surface area contributed by atoms with E-state index < -0.39 is 0 Å². The van der Waals surface area contributed by atoms with Gasteiger partial charge in [-0.1, -0.05) is 12.1 Å². The summed E-state index contributed by atoms with van der Waals surface area (Å²) < 4.78 is 0.846. The number of hydrogen-bond acceptors (Lipinski definition) is 4. The third-order valence-electron chi connectivity index (χ3n) is 2.40. The largest absolute Gasteiger partial charge is 0.343 e. The summed E-state index contributed by atoms with van der Waals surface area (Å²) in [6, 6.07) is 7.21. The highest BCUT2D eigenvalue weighted by molar-refractivity contribution is 14.1. The number of aryl methyl sites for hydroxylation is 1. The Bertz CT molecular complexity index is 642. The number of anilines is 1. The number of carbonyl (C=O) groups excluding carboxylic acids is 2. The fourth-order valence-electron chi connectivity index (χ4n) is 1.48. The molecule has 0 aliphatic carbocycles. The van der Waals surface area contributed by atoms with Crippen molar-refractivity contribution in [3.05, 3.63) is 44.5 Å². The van der Waals surface area contributed by atoms with E-state index in [-0.39, 0.29) is 18.4 Å². The van der Waals surface area contributed by atoms with Gasteiger partial charge in [0.15, 0.2) is 5.13 Å². The van der Waals surface area contributed by atoms with Crippen molar-refractivity contribution in [1.82, 2.24) is 10.3 Å². The lowest BCUT2D eigenvalue weighted by atomic mass is 10.2. The molecule has 0 saturated heterocycles. The third-order valence-corrected chi connectivity index (χ3v) is 4.16. The van der Waals surface area contributed by atoms with E-state index >= 15 is 0 Å². The molecule has 0 saturated carbocycles. The first-order valence-corrected chi connectivity index (χ1v) is 7.71. The summed E-state index contributed by atoms with van der Waals surface area (Å²) in [4.78, 5) is 28.6. The van der Waals surface area contributed by atoms with Gasteiger partial charge >= 0.3 is 0 Å². The van der Waals surface area contributed by atoms with Crippen LogP contribution in [-0.4, -0.2) is 23.3 Å². The zero-order chi connectivity index (χ0) is 14.5. The van der Waals surface area contributed by atoms with Gasteiger partial charge in [-0.05, 0) is 41.6 Å². The fourth-order valence-corrected chi connectivity index (χ4v) is 2.79. The van der Waals surface area contributed by atoms with Crippen LogP contribution in [0.1, 0.15) is 15.2 Å². The molecule has 0 spiro atoms. The Morgan fingerprint density at radius 3 is 2.75 bits per heavy atom. The van der Waals surface area contributed by atoms with Crippen LogP contribution in [0, 0.1) is 10.5 Å². The van der Waals surface area contributed by atoms with Gasteiger partial charge in [0.2, 0.25) is 5.91 Å². The summed E-state index contributed by atoms with van der Waals surface area (Å²) in [7, 11) is 0. The molecular formula is C13H12IN3O2S. The molecule has 1 heterocycles. The molecule has 0 fully saturated rings. The van der Waals surface area contributed by atoms with Gasteiger partial charge in [-0.2, -0.15) is 0 Å². The number of benzene rings is 1. The lowest BCUT2D eigenvalue weighted by Crippen LogP contribution is -2.33. The highest BCUT2D eigenvalue weighted by Crippen LogP contribution is 2.16. The number of nitrogens with one attached hydrogen (secondary N) is 2. The number of carbonyl (C=O) groups is 2.